The molecular formula is C8H10ClNS. The average Bonchev–Trinajstić information content (AvgIpc) is 2.34. The van der Waals surface area contributed by atoms with Gasteiger partial charge in [-0.3, -0.25) is 0 Å². The van der Waals surface area contributed by atoms with E-state index >= 15 is 0 Å². The molecule has 0 radical (unpaired) electrons. The lowest BCUT2D eigenvalue weighted by Gasteiger charge is -2.24. The van der Waals surface area contributed by atoms with Gasteiger partial charge in [-0.05, 0) is 12.8 Å². The summed E-state index contributed by atoms with van der Waals surface area (Å²) < 4.78 is 0. The van der Waals surface area contributed by atoms with Crippen molar-refractivity contribution in [3.8, 4) is 0 Å². The van der Waals surface area contributed by atoms with Gasteiger partial charge in [-0.25, -0.2) is 0 Å². The van der Waals surface area contributed by atoms with Crippen LogP contribution in [0, 0.1) is 0 Å². The molecule has 1 aliphatic rings. The molecule has 0 saturated heterocycles. The number of hydrogen-bond acceptors (Lipinski definition) is 2. The highest BCUT2D eigenvalue weighted by Gasteiger charge is 2.17. The summed E-state index contributed by atoms with van der Waals surface area (Å²) in [7, 11) is 2.11. The Kier molecular flexibility index (Phi) is 1.81. The third-order valence-electron chi connectivity index (χ3n) is 2.07. The lowest BCUT2D eigenvalue weighted by molar-refractivity contribution is 0.756. The number of hydrogen-bond donors (Lipinski definition) is 0. The lowest BCUT2D eigenvalue weighted by Crippen LogP contribution is -2.23. The zero-order valence-electron chi connectivity index (χ0n) is 6.43. The van der Waals surface area contributed by atoms with E-state index in [2.05, 4.69) is 11.9 Å². The Balaban J connectivity index is 2.48. The Morgan fingerprint density at radius 1 is 1.64 bits per heavy atom. The Bertz CT molecular complexity index is 269. The van der Waals surface area contributed by atoms with Gasteiger partial charge in [0.25, 0.3) is 0 Å². The van der Waals surface area contributed by atoms with Gasteiger partial charge in [-0.15, -0.1) is 11.3 Å². The van der Waals surface area contributed by atoms with E-state index in [4.69, 9.17) is 11.6 Å². The fourth-order valence-electron chi connectivity index (χ4n) is 1.53. The number of nitrogens with zero attached hydrogens (tertiary/aromatic N) is 1. The summed E-state index contributed by atoms with van der Waals surface area (Å²) in [5, 5.41) is 2.96. The smallest absolute Gasteiger partial charge is 0.0749 e. The van der Waals surface area contributed by atoms with E-state index < -0.39 is 0 Å². The molecule has 0 atom stereocenters. The van der Waals surface area contributed by atoms with Crippen LogP contribution in [0.2, 0.25) is 5.02 Å². The Labute approximate surface area is 75.6 Å². The third kappa shape index (κ3) is 1.14. The van der Waals surface area contributed by atoms with Crippen molar-refractivity contribution in [3.05, 3.63) is 15.3 Å². The molecular weight excluding hydrogens is 178 g/mol. The fraction of sp³-hybridized carbons (Fsp3) is 0.500. The molecule has 0 bridgehead atoms. The molecule has 1 nitrogen and oxygen atoms in total. The summed E-state index contributed by atoms with van der Waals surface area (Å²) in [5.41, 5.74) is 1.27. The zero-order valence-corrected chi connectivity index (χ0v) is 8.00. The maximum absolute atomic E-state index is 6.02. The fourth-order valence-corrected chi connectivity index (χ4v) is 2.97. The highest BCUT2D eigenvalue weighted by Crippen LogP contribution is 2.38. The van der Waals surface area contributed by atoms with Crippen molar-refractivity contribution >= 4 is 28.6 Å². The summed E-state index contributed by atoms with van der Waals surface area (Å²) in [6, 6.07) is 0. The SMILES string of the molecule is CN1CCCc2scc(Cl)c21. The number of fused-ring (bicyclic) bond motifs is 1. The van der Waals surface area contributed by atoms with Crippen molar-refractivity contribution < 1.29 is 0 Å². The zero-order chi connectivity index (χ0) is 7.84. The van der Waals surface area contributed by atoms with Gasteiger partial charge in [0.15, 0.2) is 0 Å². The molecule has 0 amide bonds. The van der Waals surface area contributed by atoms with Gasteiger partial charge in [0, 0.05) is 23.8 Å². The molecule has 1 aromatic heterocycles. The quantitative estimate of drug-likeness (QED) is 0.604. The molecule has 0 aromatic carbocycles. The minimum absolute atomic E-state index is 0.923. The van der Waals surface area contributed by atoms with E-state index in [0.717, 1.165) is 11.6 Å². The molecule has 1 aromatic rings. The Morgan fingerprint density at radius 3 is 3.18 bits per heavy atom. The van der Waals surface area contributed by atoms with E-state index in [0.29, 0.717) is 0 Å². The number of rotatable bonds is 0. The predicted octanol–water partition coefficient (Wildman–Crippen LogP) is 2.78. The van der Waals surface area contributed by atoms with Gasteiger partial charge in [-0.2, -0.15) is 0 Å². The van der Waals surface area contributed by atoms with Crippen LogP contribution >= 0.6 is 22.9 Å². The van der Waals surface area contributed by atoms with Crippen LogP contribution in [0.5, 0.6) is 0 Å². The minimum Gasteiger partial charge on any atom is -0.372 e. The standard InChI is InChI=1S/C8H10ClNS/c1-10-4-2-3-7-8(10)6(9)5-11-7/h5H,2-4H2,1H3. The molecule has 0 saturated carbocycles. The summed E-state index contributed by atoms with van der Waals surface area (Å²) in [5.74, 6) is 0. The number of aryl methyl sites for hydroxylation is 1. The maximum Gasteiger partial charge on any atom is 0.0749 e. The molecule has 11 heavy (non-hydrogen) atoms. The Morgan fingerprint density at radius 2 is 2.45 bits per heavy atom. The van der Waals surface area contributed by atoms with Crippen LogP contribution in [0.15, 0.2) is 5.38 Å². The van der Waals surface area contributed by atoms with Crippen molar-refractivity contribution in [2.45, 2.75) is 12.8 Å². The first kappa shape index (κ1) is 7.44. The molecule has 0 aliphatic carbocycles. The normalized spacial score (nSPS) is 16.7. The summed E-state index contributed by atoms with van der Waals surface area (Å²) in [6.07, 6.45) is 2.47. The van der Waals surface area contributed by atoms with Gasteiger partial charge in [-0.1, -0.05) is 11.6 Å². The first-order valence-corrected chi connectivity index (χ1v) is 5.02. The van der Waals surface area contributed by atoms with Crippen LogP contribution in [0.25, 0.3) is 0 Å². The third-order valence-corrected chi connectivity index (χ3v) is 3.53. The molecule has 0 unspecified atom stereocenters. The minimum atomic E-state index is 0.923. The second-order valence-corrected chi connectivity index (χ2v) is 4.25. The first-order chi connectivity index (χ1) is 5.29. The second kappa shape index (κ2) is 2.68. The van der Waals surface area contributed by atoms with Crippen molar-refractivity contribution in [1.82, 2.24) is 0 Å². The molecule has 0 fully saturated rings. The summed E-state index contributed by atoms with van der Waals surface area (Å²) in [6.45, 7) is 1.14. The van der Waals surface area contributed by atoms with Gasteiger partial charge in [0.2, 0.25) is 0 Å². The van der Waals surface area contributed by atoms with E-state index in [1.54, 1.807) is 11.3 Å². The highest BCUT2D eigenvalue weighted by molar-refractivity contribution is 7.11. The molecule has 0 spiro atoms. The summed E-state index contributed by atoms with van der Waals surface area (Å²) in [4.78, 5) is 3.70. The second-order valence-electron chi connectivity index (χ2n) is 2.88. The summed E-state index contributed by atoms with van der Waals surface area (Å²) >= 11 is 7.80. The number of halogens is 1. The van der Waals surface area contributed by atoms with Crippen LogP contribution in [0.4, 0.5) is 5.69 Å². The van der Waals surface area contributed by atoms with Gasteiger partial charge < -0.3 is 4.90 Å². The van der Waals surface area contributed by atoms with Gasteiger partial charge in [0.1, 0.15) is 0 Å². The number of thiophene rings is 1. The molecule has 3 heteroatoms. The average molecular weight is 188 g/mol. The molecule has 0 N–H and O–H groups in total. The van der Waals surface area contributed by atoms with Crippen molar-refractivity contribution in [3.63, 3.8) is 0 Å². The van der Waals surface area contributed by atoms with Crippen molar-refractivity contribution in [1.29, 1.82) is 0 Å². The van der Waals surface area contributed by atoms with Gasteiger partial charge >= 0.3 is 0 Å². The van der Waals surface area contributed by atoms with Crippen LogP contribution in [0.3, 0.4) is 0 Å². The monoisotopic (exact) mass is 187 g/mol. The first-order valence-electron chi connectivity index (χ1n) is 3.76. The van der Waals surface area contributed by atoms with Crippen LogP contribution in [-0.4, -0.2) is 13.6 Å². The number of anilines is 1. The molecule has 60 valence electrons. The van der Waals surface area contributed by atoms with E-state index in [1.807, 2.05) is 5.38 Å². The lowest BCUT2D eigenvalue weighted by atomic mass is 10.1. The van der Waals surface area contributed by atoms with E-state index in [1.165, 1.54) is 23.4 Å². The predicted molar refractivity (Wildman–Crippen MR) is 50.9 cm³/mol. The Hall–Kier alpha value is -0.210. The topological polar surface area (TPSA) is 3.24 Å². The van der Waals surface area contributed by atoms with Crippen LogP contribution in [-0.2, 0) is 6.42 Å². The van der Waals surface area contributed by atoms with Crippen molar-refractivity contribution in [2.75, 3.05) is 18.5 Å². The highest BCUT2D eigenvalue weighted by atomic mass is 35.5. The molecule has 2 rings (SSSR count). The van der Waals surface area contributed by atoms with Gasteiger partial charge in [0.05, 0.1) is 10.7 Å². The largest absolute Gasteiger partial charge is 0.372 e. The van der Waals surface area contributed by atoms with Crippen LogP contribution < -0.4 is 4.90 Å². The molecule has 2 heterocycles. The molecule has 1 aliphatic heterocycles. The van der Waals surface area contributed by atoms with Crippen molar-refractivity contribution in [2.24, 2.45) is 0 Å². The van der Waals surface area contributed by atoms with E-state index in [9.17, 15) is 0 Å². The van der Waals surface area contributed by atoms with E-state index in [-0.39, 0.29) is 0 Å². The van der Waals surface area contributed by atoms with Crippen LogP contribution in [0.1, 0.15) is 11.3 Å². The maximum atomic E-state index is 6.02.